The highest BCUT2D eigenvalue weighted by atomic mass is 32.1. The molecule has 0 amide bonds. The molecule has 0 radical (unpaired) electrons. The summed E-state index contributed by atoms with van der Waals surface area (Å²) in [6.45, 7) is 4.14. The highest BCUT2D eigenvalue weighted by Gasteiger charge is 2.20. The van der Waals surface area contributed by atoms with Gasteiger partial charge in [-0.15, -0.1) is 11.3 Å². The fourth-order valence-corrected chi connectivity index (χ4v) is 4.66. The van der Waals surface area contributed by atoms with E-state index in [2.05, 4.69) is 4.98 Å². The fraction of sp³-hybridized carbons (Fsp3) is 0.280. The number of hydrogen-bond donors (Lipinski definition) is 1. The Morgan fingerprint density at radius 1 is 1.21 bits per heavy atom. The van der Waals surface area contributed by atoms with Crippen molar-refractivity contribution in [2.75, 3.05) is 13.2 Å². The lowest BCUT2D eigenvalue weighted by Crippen LogP contribution is -2.26. The van der Waals surface area contributed by atoms with Crippen molar-refractivity contribution >= 4 is 27.4 Å². The van der Waals surface area contributed by atoms with Crippen LogP contribution in [0, 0.1) is 18.6 Å². The van der Waals surface area contributed by atoms with Crippen LogP contribution in [0.5, 0.6) is 5.75 Å². The lowest BCUT2D eigenvalue weighted by atomic mass is 10.1. The van der Waals surface area contributed by atoms with Gasteiger partial charge in [0.1, 0.15) is 23.1 Å². The molecule has 0 fully saturated rings. The molecule has 4 rings (SSSR count). The predicted molar refractivity (Wildman–Crippen MR) is 124 cm³/mol. The summed E-state index contributed by atoms with van der Waals surface area (Å²) in [6.07, 6.45) is -0.202. The number of aryl methyl sites for hydroxylation is 1. The van der Waals surface area contributed by atoms with Gasteiger partial charge in [0.2, 0.25) is 5.89 Å². The molecule has 1 N–H and O–H groups in total. The molecule has 2 heterocycles. The molecular formula is C25H23F2NO5S. The van der Waals surface area contributed by atoms with E-state index in [0.29, 0.717) is 36.8 Å². The van der Waals surface area contributed by atoms with E-state index in [0.717, 1.165) is 21.7 Å². The average Bonchev–Trinajstić information content (AvgIpc) is 3.41. The van der Waals surface area contributed by atoms with Gasteiger partial charge in [-0.05, 0) is 49.1 Å². The first kappa shape index (κ1) is 23.8. The Balaban J connectivity index is 1.46. The van der Waals surface area contributed by atoms with Crippen molar-refractivity contribution in [1.82, 2.24) is 4.98 Å². The maximum absolute atomic E-state index is 13.5. The molecule has 0 aliphatic carbocycles. The molecular weight excluding hydrogens is 464 g/mol. The topological polar surface area (TPSA) is 81.8 Å². The van der Waals surface area contributed by atoms with Crippen LogP contribution in [-0.2, 0) is 22.4 Å². The van der Waals surface area contributed by atoms with Crippen LogP contribution in [0.3, 0.4) is 0 Å². The maximum Gasteiger partial charge on any atom is 0.333 e. The molecule has 0 bridgehead atoms. The second kappa shape index (κ2) is 10.3. The summed E-state index contributed by atoms with van der Waals surface area (Å²) in [7, 11) is 0. The second-order valence-corrected chi connectivity index (χ2v) is 8.57. The number of aliphatic carboxylic acids is 1. The molecule has 1 atom stereocenters. The number of rotatable bonds is 10. The number of ether oxygens (including phenoxy) is 2. The monoisotopic (exact) mass is 487 g/mol. The molecule has 0 saturated carbocycles. The van der Waals surface area contributed by atoms with Gasteiger partial charge in [-0.3, -0.25) is 0 Å². The van der Waals surface area contributed by atoms with E-state index in [9.17, 15) is 18.7 Å². The molecule has 0 saturated heterocycles. The third kappa shape index (κ3) is 5.26. The number of benzene rings is 2. The van der Waals surface area contributed by atoms with Gasteiger partial charge < -0.3 is 19.0 Å². The molecule has 2 aromatic heterocycles. The van der Waals surface area contributed by atoms with Crippen molar-refractivity contribution in [1.29, 1.82) is 0 Å². The van der Waals surface area contributed by atoms with Gasteiger partial charge >= 0.3 is 5.97 Å². The Bertz CT molecular complexity index is 1300. The van der Waals surface area contributed by atoms with E-state index in [4.69, 9.17) is 13.9 Å². The molecule has 1 unspecified atom stereocenters. The number of fused-ring (bicyclic) bond motifs is 1. The highest BCUT2D eigenvalue weighted by molar-refractivity contribution is 7.17. The molecule has 4 aromatic rings. The van der Waals surface area contributed by atoms with Crippen molar-refractivity contribution in [3.8, 4) is 17.2 Å². The first-order chi connectivity index (χ1) is 16.4. The molecule has 0 aliphatic heterocycles. The van der Waals surface area contributed by atoms with Gasteiger partial charge in [0, 0.05) is 41.2 Å². The molecule has 2 aromatic carbocycles. The number of thiophene rings is 1. The fourth-order valence-electron chi connectivity index (χ4n) is 3.72. The standard InChI is InChI=1S/C25H23F2NO5S/c1-3-31-22(25(29)30)12-15-4-5-21(19-7-9-34-23(15)19)32-8-6-20-14(2)33-24(28-20)16-10-17(26)13-18(27)11-16/h4-5,7,9-11,13,22H,3,6,8,12H2,1-2H3,(H,29,30). The lowest BCUT2D eigenvalue weighted by molar-refractivity contribution is -0.149. The van der Waals surface area contributed by atoms with Crippen molar-refractivity contribution in [3.05, 3.63) is 70.4 Å². The molecule has 178 valence electrons. The highest BCUT2D eigenvalue weighted by Crippen LogP contribution is 2.34. The van der Waals surface area contributed by atoms with Crippen LogP contribution in [-0.4, -0.2) is 35.4 Å². The van der Waals surface area contributed by atoms with Crippen molar-refractivity contribution in [3.63, 3.8) is 0 Å². The van der Waals surface area contributed by atoms with Crippen LogP contribution in [0.25, 0.3) is 21.5 Å². The predicted octanol–water partition coefficient (Wildman–Crippen LogP) is 5.80. The van der Waals surface area contributed by atoms with Crippen LogP contribution in [0.2, 0.25) is 0 Å². The Morgan fingerprint density at radius 2 is 1.97 bits per heavy atom. The summed E-state index contributed by atoms with van der Waals surface area (Å²) in [4.78, 5) is 15.8. The van der Waals surface area contributed by atoms with E-state index < -0.39 is 23.7 Å². The van der Waals surface area contributed by atoms with Crippen LogP contribution in [0.15, 0.2) is 46.2 Å². The number of halogens is 2. The van der Waals surface area contributed by atoms with Crippen LogP contribution in [0.1, 0.15) is 23.9 Å². The van der Waals surface area contributed by atoms with Gasteiger partial charge in [-0.1, -0.05) is 6.07 Å². The zero-order valence-corrected chi connectivity index (χ0v) is 19.5. The van der Waals surface area contributed by atoms with E-state index in [1.54, 1.807) is 13.8 Å². The maximum atomic E-state index is 13.5. The number of carboxylic acids is 1. The van der Waals surface area contributed by atoms with Crippen LogP contribution < -0.4 is 4.74 Å². The molecule has 0 aliphatic rings. The molecule has 34 heavy (non-hydrogen) atoms. The number of carboxylic acid groups (broad SMARTS) is 1. The van der Waals surface area contributed by atoms with Crippen LogP contribution in [0.4, 0.5) is 8.78 Å². The number of nitrogens with zero attached hydrogens (tertiary/aromatic N) is 1. The van der Waals surface area contributed by atoms with Crippen molar-refractivity contribution in [2.24, 2.45) is 0 Å². The molecule has 9 heteroatoms. The number of carbonyl (C=O) groups is 1. The normalized spacial score (nSPS) is 12.2. The van der Waals surface area contributed by atoms with E-state index in [-0.39, 0.29) is 17.9 Å². The molecule has 6 nitrogen and oxygen atoms in total. The Kier molecular flexibility index (Phi) is 7.23. The largest absolute Gasteiger partial charge is 0.493 e. The van der Waals surface area contributed by atoms with E-state index in [1.807, 2.05) is 23.6 Å². The number of aromatic nitrogens is 1. The van der Waals surface area contributed by atoms with Gasteiger partial charge in [-0.2, -0.15) is 0 Å². The summed E-state index contributed by atoms with van der Waals surface area (Å²) in [5.74, 6) is -1.01. The smallest absolute Gasteiger partial charge is 0.333 e. The average molecular weight is 488 g/mol. The SMILES string of the molecule is CCOC(Cc1ccc(OCCc2nc(-c3cc(F)cc(F)c3)oc2C)c2ccsc12)C(=O)O. The number of oxazole rings is 1. The minimum atomic E-state index is -0.991. The van der Waals surface area contributed by atoms with E-state index >= 15 is 0 Å². The summed E-state index contributed by atoms with van der Waals surface area (Å²) in [5.41, 5.74) is 1.76. The Labute approximate surface area is 198 Å². The zero-order chi connectivity index (χ0) is 24.2. The van der Waals surface area contributed by atoms with Crippen LogP contribution >= 0.6 is 11.3 Å². The van der Waals surface area contributed by atoms with Gasteiger partial charge in [0.05, 0.1) is 12.3 Å². The third-order valence-corrected chi connectivity index (χ3v) is 6.30. The van der Waals surface area contributed by atoms with Crippen molar-refractivity contribution < 1.29 is 32.6 Å². The zero-order valence-electron chi connectivity index (χ0n) is 18.6. The second-order valence-electron chi connectivity index (χ2n) is 7.65. The lowest BCUT2D eigenvalue weighted by Gasteiger charge is -2.14. The summed E-state index contributed by atoms with van der Waals surface area (Å²) >= 11 is 1.52. The van der Waals surface area contributed by atoms with E-state index in [1.165, 1.54) is 23.5 Å². The summed E-state index contributed by atoms with van der Waals surface area (Å²) < 4.78 is 45.0. The minimum Gasteiger partial charge on any atom is -0.493 e. The first-order valence-corrected chi connectivity index (χ1v) is 11.6. The van der Waals surface area contributed by atoms with Gasteiger partial charge in [-0.25, -0.2) is 18.6 Å². The quantitative estimate of drug-likeness (QED) is 0.305. The summed E-state index contributed by atoms with van der Waals surface area (Å²) in [5, 5.41) is 12.2. The first-order valence-electron chi connectivity index (χ1n) is 10.7. The minimum absolute atomic E-state index is 0.151. The molecule has 0 spiro atoms. The Hall–Kier alpha value is -3.30. The number of hydrogen-bond acceptors (Lipinski definition) is 6. The van der Waals surface area contributed by atoms with Crippen molar-refractivity contribution in [2.45, 2.75) is 32.8 Å². The third-order valence-electron chi connectivity index (χ3n) is 5.31. The summed E-state index contributed by atoms with van der Waals surface area (Å²) in [6, 6.07) is 8.76. The van der Waals surface area contributed by atoms with Gasteiger partial charge in [0.25, 0.3) is 0 Å². The Morgan fingerprint density at radius 3 is 2.68 bits per heavy atom. The van der Waals surface area contributed by atoms with Gasteiger partial charge in [0.15, 0.2) is 6.10 Å².